The van der Waals surface area contributed by atoms with Crippen LogP contribution in [0.2, 0.25) is 0 Å². The van der Waals surface area contributed by atoms with Crippen LogP contribution in [-0.4, -0.2) is 88.3 Å². The van der Waals surface area contributed by atoms with Gasteiger partial charge in [0.05, 0.1) is 30.7 Å². The molecule has 0 radical (unpaired) electrons. The molecule has 4 aliphatic rings. The average molecular weight is 594 g/mol. The Morgan fingerprint density at radius 1 is 0.930 bits per heavy atom. The average Bonchev–Trinajstić information content (AvgIpc) is 3.20. The van der Waals surface area contributed by atoms with Gasteiger partial charge in [0.25, 0.3) is 0 Å². The third-order valence-electron chi connectivity index (χ3n) is 9.43. The molecule has 4 aliphatic heterocycles. The molecule has 43 heavy (non-hydrogen) atoms. The molecule has 3 amide bonds. The van der Waals surface area contributed by atoms with Crippen molar-refractivity contribution in [2.24, 2.45) is 17.3 Å². The fourth-order valence-corrected chi connectivity index (χ4v) is 8.17. The molecule has 4 heterocycles. The second kappa shape index (κ2) is 11.1. The minimum absolute atomic E-state index is 0.0172. The molecule has 0 aliphatic carbocycles. The van der Waals surface area contributed by atoms with E-state index in [0.29, 0.717) is 37.6 Å². The number of benzene rings is 1. The van der Waals surface area contributed by atoms with Crippen LogP contribution >= 0.6 is 0 Å². The molecule has 234 valence electrons. The highest BCUT2D eigenvalue weighted by Gasteiger charge is 2.75. The number of aliphatic hydroxyl groups is 1. The topological polar surface area (TPSA) is 99.6 Å². The SMILES string of the molecule is CCOc1ccc(N2CC=C[C@]3(CC)O[C@]45C=CCN(C(C)(C)CC(C)(C)C)C(=O)C4N(CCO)C(=O)[C@@H]5[C@@H]3C2=O)cc1. The van der Waals surface area contributed by atoms with Crippen molar-refractivity contribution < 1.29 is 29.0 Å². The molecule has 1 aromatic rings. The summed E-state index contributed by atoms with van der Waals surface area (Å²) in [6.45, 7) is 15.3. The second-order valence-corrected chi connectivity index (χ2v) is 14.1. The van der Waals surface area contributed by atoms with Gasteiger partial charge in [-0.05, 0) is 63.3 Å². The van der Waals surface area contributed by atoms with Crippen molar-refractivity contribution in [3.05, 3.63) is 48.6 Å². The number of ether oxygens (including phenoxy) is 2. The van der Waals surface area contributed by atoms with Crippen LogP contribution in [0, 0.1) is 17.3 Å². The molecule has 1 spiro atoms. The fourth-order valence-electron chi connectivity index (χ4n) is 8.17. The predicted octanol–water partition coefficient (Wildman–Crippen LogP) is 3.95. The number of fused-ring (bicyclic) bond motifs is 2. The van der Waals surface area contributed by atoms with E-state index in [1.54, 1.807) is 4.90 Å². The molecule has 1 unspecified atom stereocenters. The zero-order valence-electron chi connectivity index (χ0n) is 26.6. The van der Waals surface area contributed by atoms with Crippen molar-refractivity contribution in [2.45, 2.75) is 84.1 Å². The maximum absolute atomic E-state index is 14.7. The molecular formula is C34H47N3O6. The highest BCUT2D eigenvalue weighted by atomic mass is 16.5. The van der Waals surface area contributed by atoms with Gasteiger partial charge in [0.1, 0.15) is 17.4 Å². The quantitative estimate of drug-likeness (QED) is 0.459. The van der Waals surface area contributed by atoms with Crippen LogP contribution in [0.25, 0.3) is 0 Å². The van der Waals surface area contributed by atoms with Crippen LogP contribution in [0.1, 0.15) is 61.3 Å². The first-order valence-corrected chi connectivity index (χ1v) is 15.6. The summed E-state index contributed by atoms with van der Waals surface area (Å²) in [6, 6.07) is 6.37. The van der Waals surface area contributed by atoms with Crippen molar-refractivity contribution >= 4 is 23.4 Å². The Labute approximate surface area is 255 Å². The van der Waals surface area contributed by atoms with Crippen molar-refractivity contribution in [1.29, 1.82) is 0 Å². The monoisotopic (exact) mass is 593 g/mol. The maximum atomic E-state index is 14.7. The van der Waals surface area contributed by atoms with Crippen molar-refractivity contribution in [2.75, 3.05) is 37.7 Å². The number of amides is 3. The summed E-state index contributed by atoms with van der Waals surface area (Å²) in [5, 5.41) is 10.0. The summed E-state index contributed by atoms with van der Waals surface area (Å²) >= 11 is 0. The number of carbonyl (C=O) groups is 3. The molecule has 5 rings (SSSR count). The van der Waals surface area contributed by atoms with Gasteiger partial charge in [-0.1, -0.05) is 52.0 Å². The number of rotatable bonds is 8. The van der Waals surface area contributed by atoms with E-state index in [4.69, 9.17) is 9.47 Å². The Morgan fingerprint density at radius 3 is 2.21 bits per heavy atom. The number of anilines is 1. The van der Waals surface area contributed by atoms with Crippen LogP contribution in [0.5, 0.6) is 5.75 Å². The molecule has 1 N–H and O–H groups in total. The summed E-state index contributed by atoms with van der Waals surface area (Å²) in [6.07, 6.45) is 8.87. The standard InChI is InChI=1S/C34H47N3O6/c1-8-33-16-10-18-35(23-12-14-24(15-13-23)42-9-2)28(39)25(33)26-29(40)36(20-21-38)27-30(41)37(19-11-17-34(26,27)43-33)32(6,7)22-31(3,4)5/h10-17,25-27,38H,8-9,18-22H2,1-7H3/t25-,26+,27?,33+,34+/m1/s1. The molecule has 9 heteroatoms. The molecule has 0 aromatic heterocycles. The van der Waals surface area contributed by atoms with E-state index in [0.717, 1.165) is 6.42 Å². The number of β-amino-alcohol motifs (C(OH)–C–C–N with tert-alkyl or cyclic N) is 1. The van der Waals surface area contributed by atoms with E-state index in [1.165, 1.54) is 4.90 Å². The van der Waals surface area contributed by atoms with Crippen LogP contribution < -0.4 is 9.64 Å². The Balaban J connectivity index is 1.60. The van der Waals surface area contributed by atoms with E-state index in [1.807, 2.05) is 67.3 Å². The van der Waals surface area contributed by atoms with Crippen molar-refractivity contribution in [3.8, 4) is 5.75 Å². The van der Waals surface area contributed by atoms with E-state index in [-0.39, 0.29) is 36.3 Å². The van der Waals surface area contributed by atoms with Gasteiger partial charge in [-0.3, -0.25) is 14.4 Å². The number of hydrogen-bond donors (Lipinski definition) is 1. The van der Waals surface area contributed by atoms with Gasteiger partial charge in [0, 0.05) is 30.9 Å². The van der Waals surface area contributed by atoms with Crippen LogP contribution in [0.3, 0.4) is 0 Å². The van der Waals surface area contributed by atoms with E-state index in [9.17, 15) is 19.5 Å². The zero-order chi connectivity index (χ0) is 31.4. The molecule has 9 nitrogen and oxygen atoms in total. The van der Waals surface area contributed by atoms with E-state index >= 15 is 0 Å². The highest BCUT2D eigenvalue weighted by molar-refractivity contribution is 6.04. The van der Waals surface area contributed by atoms with Gasteiger partial charge in [-0.2, -0.15) is 0 Å². The molecule has 1 aromatic carbocycles. The summed E-state index contributed by atoms with van der Waals surface area (Å²) < 4.78 is 12.6. The first kappa shape index (κ1) is 31.3. The van der Waals surface area contributed by atoms with Crippen molar-refractivity contribution in [1.82, 2.24) is 9.80 Å². The number of likely N-dealkylation sites (tertiary alicyclic amines) is 1. The normalized spacial score (nSPS) is 30.7. The summed E-state index contributed by atoms with van der Waals surface area (Å²) in [7, 11) is 0. The predicted molar refractivity (Wildman–Crippen MR) is 165 cm³/mol. The number of carbonyl (C=O) groups excluding carboxylic acids is 3. The maximum Gasteiger partial charge on any atom is 0.249 e. The summed E-state index contributed by atoms with van der Waals surface area (Å²) in [4.78, 5) is 48.7. The van der Waals surface area contributed by atoms with Gasteiger partial charge >= 0.3 is 0 Å². The van der Waals surface area contributed by atoms with Crippen LogP contribution in [0.15, 0.2) is 48.6 Å². The Bertz CT molecular complexity index is 1310. The summed E-state index contributed by atoms with van der Waals surface area (Å²) in [5.41, 5.74) is -2.27. The lowest BCUT2D eigenvalue weighted by Crippen LogP contribution is -2.60. The van der Waals surface area contributed by atoms with E-state index < -0.39 is 34.6 Å². The Morgan fingerprint density at radius 2 is 1.60 bits per heavy atom. The van der Waals surface area contributed by atoms with E-state index in [2.05, 4.69) is 34.6 Å². The molecule has 2 saturated heterocycles. The Kier molecular flexibility index (Phi) is 8.05. The number of nitrogens with zero attached hydrogens (tertiary/aromatic N) is 3. The highest BCUT2D eigenvalue weighted by Crippen LogP contribution is 2.59. The minimum atomic E-state index is -1.35. The molecular weight excluding hydrogens is 546 g/mol. The van der Waals surface area contributed by atoms with Gasteiger partial charge in [0.15, 0.2) is 0 Å². The number of aliphatic hydroxyl groups excluding tert-OH is 1. The molecule has 2 fully saturated rings. The number of hydrogen-bond acceptors (Lipinski definition) is 6. The molecule has 0 bridgehead atoms. The molecule has 5 atom stereocenters. The van der Waals surface area contributed by atoms with Gasteiger partial charge in [-0.25, -0.2) is 0 Å². The lowest BCUT2D eigenvalue weighted by molar-refractivity contribution is -0.156. The lowest BCUT2D eigenvalue weighted by atomic mass is 9.72. The van der Waals surface area contributed by atoms with Gasteiger partial charge in [-0.15, -0.1) is 0 Å². The largest absolute Gasteiger partial charge is 0.494 e. The summed E-state index contributed by atoms with van der Waals surface area (Å²) in [5.74, 6) is -1.83. The fraction of sp³-hybridized carbons (Fsp3) is 0.618. The van der Waals surface area contributed by atoms with Gasteiger partial charge < -0.3 is 29.3 Å². The lowest BCUT2D eigenvalue weighted by Gasteiger charge is -2.45. The van der Waals surface area contributed by atoms with Crippen LogP contribution in [-0.2, 0) is 19.1 Å². The van der Waals surface area contributed by atoms with Crippen LogP contribution in [0.4, 0.5) is 5.69 Å². The van der Waals surface area contributed by atoms with Crippen molar-refractivity contribution in [3.63, 3.8) is 0 Å². The van der Waals surface area contributed by atoms with Gasteiger partial charge in [0.2, 0.25) is 17.7 Å². The third kappa shape index (κ3) is 5.08. The molecule has 0 saturated carbocycles. The first-order valence-electron chi connectivity index (χ1n) is 15.6. The smallest absolute Gasteiger partial charge is 0.249 e. The first-order chi connectivity index (χ1) is 20.2. The third-order valence-corrected chi connectivity index (χ3v) is 9.43. The second-order valence-electron chi connectivity index (χ2n) is 14.1. The zero-order valence-corrected chi connectivity index (χ0v) is 26.6. The minimum Gasteiger partial charge on any atom is -0.494 e. The Hall–Kier alpha value is -3.17.